The molecule has 1 aromatic rings. The van der Waals surface area contributed by atoms with Crippen LogP contribution < -0.4 is 5.32 Å². The van der Waals surface area contributed by atoms with Crippen LogP contribution in [0.5, 0.6) is 0 Å². The predicted octanol–water partition coefficient (Wildman–Crippen LogP) is 1.94. The minimum Gasteiger partial charge on any atom is -0.469 e. The van der Waals surface area contributed by atoms with Crippen molar-refractivity contribution in [1.82, 2.24) is 10.3 Å². The fourth-order valence-electron chi connectivity index (χ4n) is 3.30. The van der Waals surface area contributed by atoms with Gasteiger partial charge in [0.1, 0.15) is 17.4 Å². The molecule has 172 valence electrons. The zero-order valence-corrected chi connectivity index (χ0v) is 18.8. The smallest absolute Gasteiger partial charge is 0.355 e. The zero-order valence-electron chi connectivity index (χ0n) is 18.8. The Morgan fingerprint density at radius 1 is 1.03 bits per heavy atom. The van der Waals surface area contributed by atoms with Crippen molar-refractivity contribution in [2.75, 3.05) is 14.2 Å². The number of rotatable bonds is 7. The van der Waals surface area contributed by atoms with Crippen molar-refractivity contribution in [1.29, 1.82) is 5.26 Å². The average molecular weight is 445 g/mol. The standard InChI is InChI=1S/C22H27N3O7/c1-22(2,3)32-21(29)20-12(6-9-17(27)30-4)13(10-18(28)31-5)19(25-20)14(11-23)15-7-8-16(26)24-15/h25H,6-10H2,1-5H3,(H,24,26)/b15-14-. The van der Waals surface area contributed by atoms with Gasteiger partial charge in [-0.15, -0.1) is 0 Å². The highest BCUT2D eigenvalue weighted by Crippen LogP contribution is 2.32. The lowest BCUT2D eigenvalue weighted by atomic mass is 9.97. The van der Waals surface area contributed by atoms with E-state index in [4.69, 9.17) is 14.2 Å². The molecule has 1 saturated heterocycles. The van der Waals surface area contributed by atoms with E-state index in [-0.39, 0.29) is 48.6 Å². The van der Waals surface area contributed by atoms with Gasteiger partial charge in [0, 0.05) is 18.5 Å². The molecule has 0 unspecified atom stereocenters. The first-order valence-corrected chi connectivity index (χ1v) is 10.0. The van der Waals surface area contributed by atoms with Crippen LogP contribution in [0.2, 0.25) is 0 Å². The number of amides is 1. The van der Waals surface area contributed by atoms with Gasteiger partial charge in [0.15, 0.2) is 0 Å². The van der Waals surface area contributed by atoms with Gasteiger partial charge >= 0.3 is 17.9 Å². The maximum Gasteiger partial charge on any atom is 0.355 e. The van der Waals surface area contributed by atoms with E-state index in [2.05, 4.69) is 16.4 Å². The number of nitriles is 1. The highest BCUT2D eigenvalue weighted by atomic mass is 16.6. The number of nitrogens with one attached hydrogen (secondary N) is 2. The second kappa shape index (κ2) is 10.1. The molecule has 0 atom stereocenters. The maximum atomic E-state index is 12.9. The molecule has 32 heavy (non-hydrogen) atoms. The molecule has 10 nitrogen and oxygen atoms in total. The van der Waals surface area contributed by atoms with Gasteiger partial charge in [0.25, 0.3) is 0 Å². The second-order valence-corrected chi connectivity index (χ2v) is 8.18. The molecule has 1 aliphatic rings. The third-order valence-corrected chi connectivity index (χ3v) is 4.73. The Labute approximate surface area is 185 Å². The molecule has 1 amide bonds. The monoisotopic (exact) mass is 445 g/mol. The summed E-state index contributed by atoms with van der Waals surface area (Å²) < 4.78 is 15.0. The van der Waals surface area contributed by atoms with Crippen LogP contribution in [0.1, 0.15) is 67.3 Å². The lowest BCUT2D eigenvalue weighted by molar-refractivity contribution is -0.141. The van der Waals surface area contributed by atoms with Crippen LogP contribution in [-0.2, 0) is 41.4 Å². The van der Waals surface area contributed by atoms with E-state index in [0.717, 1.165) is 0 Å². The summed E-state index contributed by atoms with van der Waals surface area (Å²) in [6.45, 7) is 5.11. The van der Waals surface area contributed by atoms with Crippen LogP contribution in [0.4, 0.5) is 0 Å². The first kappa shape index (κ1) is 24.7. The lowest BCUT2D eigenvalue weighted by Gasteiger charge is -2.19. The van der Waals surface area contributed by atoms with Crippen LogP contribution in [0.25, 0.3) is 5.57 Å². The number of aromatic nitrogens is 1. The average Bonchev–Trinajstić information content (AvgIpc) is 3.29. The van der Waals surface area contributed by atoms with Gasteiger partial charge in [0.2, 0.25) is 5.91 Å². The quantitative estimate of drug-likeness (QED) is 0.367. The molecule has 1 fully saturated rings. The summed E-state index contributed by atoms with van der Waals surface area (Å²) in [6, 6.07) is 2.05. The van der Waals surface area contributed by atoms with Crippen molar-refractivity contribution in [2.24, 2.45) is 0 Å². The van der Waals surface area contributed by atoms with E-state index in [1.807, 2.05) is 0 Å². The Kier molecular flexibility index (Phi) is 7.81. The first-order valence-electron chi connectivity index (χ1n) is 10.0. The normalized spacial score (nSPS) is 14.9. The molecular formula is C22H27N3O7. The molecule has 2 rings (SSSR count). The third-order valence-electron chi connectivity index (χ3n) is 4.73. The number of aromatic amines is 1. The van der Waals surface area contributed by atoms with Gasteiger partial charge in [-0.3, -0.25) is 14.4 Å². The number of hydrogen-bond acceptors (Lipinski definition) is 8. The molecule has 0 radical (unpaired) electrons. The van der Waals surface area contributed by atoms with Gasteiger partial charge in [-0.2, -0.15) is 5.26 Å². The van der Waals surface area contributed by atoms with Gasteiger partial charge in [-0.1, -0.05) is 0 Å². The van der Waals surface area contributed by atoms with Gasteiger partial charge in [-0.05, 0) is 44.7 Å². The SMILES string of the molecule is COC(=O)CCc1c(C(=O)OC(C)(C)C)[nH]c(/C(C#N)=C2/CCC(=O)N2)c1CC(=O)OC. The second-order valence-electron chi connectivity index (χ2n) is 8.18. The maximum absolute atomic E-state index is 12.9. The van der Waals surface area contributed by atoms with Crippen LogP contribution in [0, 0.1) is 11.3 Å². The lowest BCUT2D eigenvalue weighted by Crippen LogP contribution is -2.25. The highest BCUT2D eigenvalue weighted by molar-refractivity contribution is 5.95. The topological polar surface area (TPSA) is 148 Å². The van der Waals surface area contributed by atoms with Crippen LogP contribution in [0.15, 0.2) is 5.70 Å². The number of allylic oxidation sites excluding steroid dienone is 2. The van der Waals surface area contributed by atoms with Gasteiger partial charge in [-0.25, -0.2) is 4.79 Å². The predicted molar refractivity (Wildman–Crippen MR) is 112 cm³/mol. The van der Waals surface area contributed by atoms with Gasteiger partial charge < -0.3 is 24.5 Å². The minimum atomic E-state index is -0.805. The molecular weight excluding hydrogens is 418 g/mol. The number of carbonyl (C=O) groups excluding carboxylic acids is 4. The summed E-state index contributed by atoms with van der Waals surface area (Å²) in [4.78, 5) is 51.5. The van der Waals surface area contributed by atoms with E-state index in [0.29, 0.717) is 23.2 Å². The summed E-state index contributed by atoms with van der Waals surface area (Å²) in [6.07, 6.45) is 0.283. The first-order chi connectivity index (χ1) is 15.0. The Bertz CT molecular complexity index is 1010. The Hall–Kier alpha value is -3.61. The number of carbonyl (C=O) groups is 4. The number of H-pyrrole nitrogens is 1. The van der Waals surface area contributed by atoms with Crippen molar-refractivity contribution in [3.63, 3.8) is 0 Å². The van der Waals surface area contributed by atoms with Crippen molar-refractivity contribution < 1.29 is 33.4 Å². The molecule has 1 aromatic heterocycles. The molecule has 1 aliphatic heterocycles. The molecule has 0 spiro atoms. The molecule has 2 heterocycles. The summed E-state index contributed by atoms with van der Waals surface area (Å²) in [5, 5.41) is 12.5. The van der Waals surface area contributed by atoms with E-state index in [1.54, 1.807) is 20.8 Å². The highest BCUT2D eigenvalue weighted by Gasteiger charge is 2.31. The number of methoxy groups -OCH3 is 2. The largest absolute Gasteiger partial charge is 0.469 e. The van der Waals surface area contributed by atoms with Crippen LogP contribution in [0.3, 0.4) is 0 Å². The van der Waals surface area contributed by atoms with Crippen molar-refractivity contribution in [3.05, 3.63) is 28.2 Å². The van der Waals surface area contributed by atoms with Gasteiger partial charge in [0.05, 0.1) is 31.9 Å². The fraction of sp³-hybridized carbons (Fsp3) is 0.500. The van der Waals surface area contributed by atoms with E-state index in [1.165, 1.54) is 14.2 Å². The van der Waals surface area contributed by atoms with Crippen molar-refractivity contribution in [3.8, 4) is 6.07 Å². The number of nitrogens with zero attached hydrogens (tertiary/aromatic N) is 1. The molecule has 0 saturated carbocycles. The van der Waals surface area contributed by atoms with Crippen molar-refractivity contribution in [2.45, 2.75) is 58.5 Å². The molecule has 2 N–H and O–H groups in total. The number of esters is 3. The summed E-state index contributed by atoms with van der Waals surface area (Å²) in [5.74, 6) is -2.04. The van der Waals surface area contributed by atoms with Crippen molar-refractivity contribution >= 4 is 29.4 Å². The number of ether oxygens (including phenoxy) is 3. The minimum absolute atomic E-state index is 0.0235. The van der Waals surface area contributed by atoms with E-state index in [9.17, 15) is 24.4 Å². The van der Waals surface area contributed by atoms with E-state index >= 15 is 0 Å². The Morgan fingerprint density at radius 2 is 1.69 bits per heavy atom. The fourth-order valence-corrected chi connectivity index (χ4v) is 3.30. The molecule has 0 aliphatic carbocycles. The van der Waals surface area contributed by atoms with Crippen LogP contribution >= 0.6 is 0 Å². The summed E-state index contributed by atoms with van der Waals surface area (Å²) in [5.41, 5.74) is 0.588. The Balaban J connectivity index is 2.71. The molecule has 10 heteroatoms. The zero-order chi connectivity index (χ0) is 24.1. The molecule has 0 aromatic carbocycles. The summed E-state index contributed by atoms with van der Waals surface area (Å²) in [7, 11) is 2.47. The molecule has 0 bridgehead atoms. The van der Waals surface area contributed by atoms with Crippen LogP contribution in [-0.4, -0.2) is 48.6 Å². The third kappa shape index (κ3) is 5.97. The Morgan fingerprint density at radius 3 is 2.19 bits per heavy atom. The van der Waals surface area contributed by atoms with E-state index < -0.39 is 23.5 Å². The summed E-state index contributed by atoms with van der Waals surface area (Å²) >= 11 is 0. The number of hydrogen-bond donors (Lipinski definition) is 2.